The van der Waals surface area contributed by atoms with Crippen LogP contribution in [0.15, 0.2) is 47.4 Å². The Labute approximate surface area is 163 Å². The van der Waals surface area contributed by atoms with Crippen molar-refractivity contribution < 1.29 is 18.8 Å². The zero-order valence-electron chi connectivity index (χ0n) is 16.0. The van der Waals surface area contributed by atoms with Crippen LogP contribution in [0, 0.1) is 13.8 Å². The minimum atomic E-state index is -0.303. The van der Waals surface area contributed by atoms with Crippen LogP contribution in [0.3, 0.4) is 0 Å². The molecule has 7 nitrogen and oxygen atoms in total. The van der Waals surface area contributed by atoms with Crippen LogP contribution in [0.5, 0.6) is 0 Å². The van der Waals surface area contributed by atoms with Gasteiger partial charge in [-0.15, -0.1) is 0 Å². The number of aryl methyl sites for hydroxylation is 2. The Kier molecular flexibility index (Phi) is 5.63. The average molecular weight is 381 g/mol. The Bertz CT molecular complexity index is 906. The highest BCUT2D eigenvalue weighted by Gasteiger charge is 2.27. The number of carbonyl (C=O) groups excluding carboxylic acids is 3. The Balaban J connectivity index is 1.59. The molecule has 0 spiro atoms. The fourth-order valence-corrected chi connectivity index (χ4v) is 3.20. The van der Waals surface area contributed by atoms with Crippen LogP contribution in [0.4, 0.5) is 5.69 Å². The smallest absolute Gasteiger partial charge is 0.257 e. The number of hydrogen-bond donors (Lipinski definition) is 1. The van der Waals surface area contributed by atoms with E-state index < -0.39 is 0 Å². The molecule has 3 rings (SSSR count). The van der Waals surface area contributed by atoms with Gasteiger partial charge in [0.2, 0.25) is 5.91 Å². The van der Waals surface area contributed by atoms with Crippen molar-refractivity contribution in [3.63, 3.8) is 0 Å². The molecule has 1 aromatic carbocycles. The summed E-state index contributed by atoms with van der Waals surface area (Å²) in [5.41, 5.74) is 1.72. The summed E-state index contributed by atoms with van der Waals surface area (Å²) >= 11 is 0. The fourth-order valence-electron chi connectivity index (χ4n) is 3.20. The van der Waals surface area contributed by atoms with E-state index in [0.29, 0.717) is 54.5 Å². The van der Waals surface area contributed by atoms with Gasteiger partial charge in [0.15, 0.2) is 0 Å². The van der Waals surface area contributed by atoms with Crippen LogP contribution in [0.1, 0.15) is 32.2 Å². The van der Waals surface area contributed by atoms with Gasteiger partial charge in [-0.3, -0.25) is 14.4 Å². The summed E-state index contributed by atoms with van der Waals surface area (Å²) < 4.78 is 5.44. The zero-order chi connectivity index (χ0) is 20.3. The second-order valence-corrected chi connectivity index (χ2v) is 6.68. The van der Waals surface area contributed by atoms with Gasteiger partial charge < -0.3 is 19.5 Å². The molecule has 1 fully saturated rings. The van der Waals surface area contributed by atoms with Crippen molar-refractivity contribution >= 4 is 23.4 Å². The number of piperazine rings is 1. The highest BCUT2D eigenvalue weighted by molar-refractivity contribution is 6.00. The van der Waals surface area contributed by atoms with E-state index in [0.717, 1.165) is 0 Å². The second kappa shape index (κ2) is 8.12. The molecule has 1 aromatic heterocycles. The predicted molar refractivity (Wildman–Crippen MR) is 105 cm³/mol. The first-order valence-corrected chi connectivity index (χ1v) is 9.08. The molecule has 1 N–H and O–H groups in total. The molecule has 0 atom stereocenters. The topological polar surface area (TPSA) is 82.9 Å². The molecule has 28 heavy (non-hydrogen) atoms. The van der Waals surface area contributed by atoms with Crippen LogP contribution in [-0.2, 0) is 4.79 Å². The minimum Gasteiger partial charge on any atom is -0.466 e. The van der Waals surface area contributed by atoms with Gasteiger partial charge in [0, 0.05) is 37.4 Å². The summed E-state index contributed by atoms with van der Waals surface area (Å²) in [4.78, 5) is 40.1. The van der Waals surface area contributed by atoms with Crippen molar-refractivity contribution in [1.29, 1.82) is 0 Å². The van der Waals surface area contributed by atoms with E-state index in [1.165, 1.54) is 6.08 Å². The molecule has 0 saturated carbocycles. The van der Waals surface area contributed by atoms with E-state index in [2.05, 4.69) is 11.9 Å². The molecule has 146 valence electrons. The number of furan rings is 1. The first kappa shape index (κ1) is 19.4. The summed E-state index contributed by atoms with van der Waals surface area (Å²) in [6, 6.07) is 8.46. The van der Waals surface area contributed by atoms with Gasteiger partial charge in [0.1, 0.15) is 11.5 Å². The van der Waals surface area contributed by atoms with E-state index in [1.807, 2.05) is 6.92 Å². The first-order chi connectivity index (χ1) is 13.4. The van der Waals surface area contributed by atoms with Crippen LogP contribution < -0.4 is 5.32 Å². The zero-order valence-corrected chi connectivity index (χ0v) is 16.0. The molecule has 7 heteroatoms. The maximum atomic E-state index is 12.7. The number of nitrogens with one attached hydrogen (secondary N) is 1. The lowest BCUT2D eigenvalue weighted by atomic mass is 10.1. The number of amides is 3. The van der Waals surface area contributed by atoms with Crippen LogP contribution in [0.2, 0.25) is 0 Å². The number of benzene rings is 1. The maximum Gasteiger partial charge on any atom is 0.257 e. The SMILES string of the molecule is C=CC(=O)Nc1ccc(C(=O)N2CCN(C(=O)c3cc(C)oc3C)CC2)cc1. The number of nitrogens with zero attached hydrogens (tertiary/aromatic N) is 2. The van der Waals surface area contributed by atoms with Gasteiger partial charge in [0.25, 0.3) is 11.8 Å². The van der Waals surface area contributed by atoms with Crippen LogP contribution >= 0.6 is 0 Å². The lowest BCUT2D eigenvalue weighted by Gasteiger charge is -2.34. The van der Waals surface area contributed by atoms with E-state index in [1.54, 1.807) is 47.1 Å². The van der Waals surface area contributed by atoms with E-state index in [4.69, 9.17) is 4.42 Å². The van der Waals surface area contributed by atoms with E-state index in [-0.39, 0.29) is 17.7 Å². The lowest BCUT2D eigenvalue weighted by Crippen LogP contribution is -2.50. The van der Waals surface area contributed by atoms with Gasteiger partial charge in [-0.1, -0.05) is 6.58 Å². The van der Waals surface area contributed by atoms with E-state index >= 15 is 0 Å². The van der Waals surface area contributed by atoms with Crippen molar-refractivity contribution in [2.75, 3.05) is 31.5 Å². The fraction of sp³-hybridized carbons (Fsp3) is 0.286. The monoisotopic (exact) mass is 381 g/mol. The average Bonchev–Trinajstić information content (AvgIpc) is 3.05. The standard InChI is InChI=1S/C21H23N3O4/c1-4-19(25)22-17-7-5-16(6-8-17)20(26)23-9-11-24(12-10-23)21(27)18-13-14(2)28-15(18)3/h4-8,13H,1,9-12H2,2-3H3,(H,22,25). The van der Waals surface area contributed by atoms with Crippen molar-refractivity contribution in [3.05, 3.63) is 65.6 Å². The van der Waals surface area contributed by atoms with Crippen molar-refractivity contribution in [2.24, 2.45) is 0 Å². The van der Waals surface area contributed by atoms with Crippen molar-refractivity contribution in [1.82, 2.24) is 9.80 Å². The van der Waals surface area contributed by atoms with Gasteiger partial charge in [-0.25, -0.2) is 0 Å². The molecular formula is C21H23N3O4. The van der Waals surface area contributed by atoms with Crippen LogP contribution in [-0.4, -0.2) is 53.7 Å². The molecule has 1 aliphatic rings. The molecule has 3 amide bonds. The van der Waals surface area contributed by atoms with Gasteiger partial charge in [-0.05, 0) is 50.3 Å². The second-order valence-electron chi connectivity index (χ2n) is 6.68. The third-order valence-corrected chi connectivity index (χ3v) is 4.71. The van der Waals surface area contributed by atoms with Gasteiger partial charge in [0.05, 0.1) is 5.56 Å². The Hall–Kier alpha value is -3.35. The lowest BCUT2D eigenvalue weighted by molar-refractivity contribution is -0.111. The molecule has 0 bridgehead atoms. The van der Waals surface area contributed by atoms with Gasteiger partial charge >= 0.3 is 0 Å². The third kappa shape index (κ3) is 4.14. The Morgan fingerprint density at radius 3 is 2.07 bits per heavy atom. The molecular weight excluding hydrogens is 358 g/mol. The number of anilines is 1. The molecule has 2 aromatic rings. The van der Waals surface area contributed by atoms with Gasteiger partial charge in [-0.2, -0.15) is 0 Å². The minimum absolute atomic E-state index is 0.0660. The molecule has 0 radical (unpaired) electrons. The molecule has 1 aliphatic heterocycles. The first-order valence-electron chi connectivity index (χ1n) is 9.08. The van der Waals surface area contributed by atoms with Crippen molar-refractivity contribution in [2.45, 2.75) is 13.8 Å². The van der Waals surface area contributed by atoms with E-state index in [9.17, 15) is 14.4 Å². The number of carbonyl (C=O) groups is 3. The maximum absolute atomic E-state index is 12.7. The van der Waals surface area contributed by atoms with Crippen LogP contribution in [0.25, 0.3) is 0 Å². The summed E-state index contributed by atoms with van der Waals surface area (Å²) in [7, 11) is 0. The summed E-state index contributed by atoms with van der Waals surface area (Å²) in [6.45, 7) is 8.88. The molecule has 0 unspecified atom stereocenters. The Morgan fingerprint density at radius 2 is 1.57 bits per heavy atom. The van der Waals surface area contributed by atoms with Crippen molar-refractivity contribution in [3.8, 4) is 0 Å². The summed E-state index contributed by atoms with van der Waals surface area (Å²) in [5, 5.41) is 2.64. The highest BCUT2D eigenvalue weighted by atomic mass is 16.3. The highest BCUT2D eigenvalue weighted by Crippen LogP contribution is 2.18. The summed E-state index contributed by atoms with van der Waals surface area (Å²) in [5.74, 6) is 0.864. The molecule has 1 saturated heterocycles. The predicted octanol–water partition coefficient (Wildman–Crippen LogP) is 2.62. The third-order valence-electron chi connectivity index (χ3n) is 4.71. The Morgan fingerprint density at radius 1 is 1.00 bits per heavy atom. The summed E-state index contributed by atoms with van der Waals surface area (Å²) in [6.07, 6.45) is 1.19. The molecule has 2 heterocycles. The quantitative estimate of drug-likeness (QED) is 0.826. The number of hydrogen-bond acceptors (Lipinski definition) is 4. The molecule has 0 aliphatic carbocycles. The normalized spacial score (nSPS) is 13.9. The largest absolute Gasteiger partial charge is 0.466 e. The number of rotatable bonds is 4.